The van der Waals surface area contributed by atoms with E-state index in [0.29, 0.717) is 28.8 Å². The van der Waals surface area contributed by atoms with Gasteiger partial charge in [0.1, 0.15) is 28.7 Å². The average molecular weight is 648 g/mol. The fraction of sp³-hybridized carbons (Fsp3) is 0.0571. The van der Waals surface area contributed by atoms with Crippen molar-refractivity contribution in [1.82, 2.24) is 4.72 Å². The number of hydrogen-bond acceptors (Lipinski definition) is 8. The molecule has 1 unspecified atom stereocenters. The maximum Gasteiger partial charge on any atom is 0.342 e. The van der Waals surface area contributed by atoms with Gasteiger partial charge in [-0.3, -0.25) is 4.55 Å². The number of aliphatic imine (C=N–C) groups is 1. The summed E-state index contributed by atoms with van der Waals surface area (Å²) in [6.45, 7) is 0. The molecule has 0 radical (unpaired) electrons. The van der Waals surface area contributed by atoms with Crippen molar-refractivity contribution in [2.75, 3.05) is 5.32 Å². The van der Waals surface area contributed by atoms with Gasteiger partial charge in [0.2, 0.25) is 0 Å². The van der Waals surface area contributed by atoms with E-state index in [9.17, 15) is 28.6 Å². The van der Waals surface area contributed by atoms with Crippen molar-refractivity contribution >= 4 is 40.4 Å². The summed E-state index contributed by atoms with van der Waals surface area (Å²) < 4.78 is 34.8. The number of ether oxygens (including phenoxy) is 2. The smallest absolute Gasteiger partial charge is 0.342 e. The first-order chi connectivity index (χ1) is 22.7. The summed E-state index contributed by atoms with van der Waals surface area (Å²) in [4.78, 5) is 31.9. The molecule has 5 aromatic carbocycles. The van der Waals surface area contributed by atoms with Crippen LogP contribution in [0.15, 0.2) is 114 Å². The number of carbonyl (C=O) groups is 2. The van der Waals surface area contributed by atoms with Gasteiger partial charge in [0.25, 0.3) is 11.3 Å². The second-order valence-corrected chi connectivity index (χ2v) is 11.5. The number of urea groups is 1. The Kier molecular flexibility index (Phi) is 7.43. The molecule has 5 N–H and O–H groups in total. The molecule has 2 heterocycles. The molecular weight excluding hydrogens is 622 g/mol. The highest BCUT2D eigenvalue weighted by molar-refractivity contribution is 7.77. The van der Waals surface area contributed by atoms with E-state index in [0.717, 1.165) is 11.1 Å². The number of anilines is 1. The van der Waals surface area contributed by atoms with Crippen LogP contribution in [0.2, 0.25) is 0 Å². The van der Waals surface area contributed by atoms with Gasteiger partial charge < -0.3 is 25.0 Å². The van der Waals surface area contributed by atoms with E-state index in [1.807, 2.05) is 65.4 Å². The summed E-state index contributed by atoms with van der Waals surface area (Å²) in [6.07, 6.45) is 0.360. The van der Waals surface area contributed by atoms with Crippen LogP contribution in [0.25, 0.3) is 0 Å². The fourth-order valence-electron chi connectivity index (χ4n) is 5.98. The lowest BCUT2D eigenvalue weighted by Crippen LogP contribution is -2.33. The molecule has 7 rings (SSSR count). The van der Waals surface area contributed by atoms with Crippen LogP contribution in [0.4, 0.5) is 16.2 Å². The predicted octanol–water partition coefficient (Wildman–Crippen LogP) is 6.29. The number of phenols is 2. The summed E-state index contributed by atoms with van der Waals surface area (Å²) >= 11 is -2.66. The molecule has 47 heavy (non-hydrogen) atoms. The summed E-state index contributed by atoms with van der Waals surface area (Å²) in [5.74, 6) is -0.527. The molecule has 5 aromatic rings. The Morgan fingerprint density at radius 3 is 2.02 bits per heavy atom. The van der Waals surface area contributed by atoms with E-state index >= 15 is 0 Å². The van der Waals surface area contributed by atoms with Gasteiger partial charge in [-0.15, -0.1) is 0 Å². The number of esters is 1. The van der Waals surface area contributed by atoms with Gasteiger partial charge in [0, 0.05) is 35.2 Å². The van der Waals surface area contributed by atoms with Crippen molar-refractivity contribution in [2.24, 2.45) is 4.99 Å². The van der Waals surface area contributed by atoms with Gasteiger partial charge in [0.05, 0.1) is 17.0 Å². The molecule has 0 saturated carbocycles. The van der Waals surface area contributed by atoms with Crippen LogP contribution >= 0.6 is 0 Å². The van der Waals surface area contributed by atoms with Crippen molar-refractivity contribution in [3.05, 3.63) is 143 Å². The average Bonchev–Trinajstić information content (AvgIpc) is 3.34. The summed E-state index contributed by atoms with van der Waals surface area (Å²) in [7, 11) is 0. The zero-order chi connectivity index (χ0) is 32.7. The minimum atomic E-state index is -2.66. The quantitative estimate of drug-likeness (QED) is 0.0815. The van der Waals surface area contributed by atoms with Crippen LogP contribution in [0, 0.1) is 0 Å². The monoisotopic (exact) mass is 647 g/mol. The zero-order valence-corrected chi connectivity index (χ0v) is 25.2. The van der Waals surface area contributed by atoms with Crippen LogP contribution in [0.3, 0.4) is 0 Å². The Morgan fingerprint density at radius 1 is 0.809 bits per heavy atom. The van der Waals surface area contributed by atoms with E-state index in [2.05, 4.69) is 5.32 Å². The lowest BCUT2D eigenvalue weighted by atomic mass is 9.77. The molecule has 2 aliphatic heterocycles. The van der Waals surface area contributed by atoms with Gasteiger partial charge in [-0.25, -0.2) is 23.5 Å². The van der Waals surface area contributed by atoms with Crippen LogP contribution < -0.4 is 14.8 Å². The number of rotatable bonds is 6. The Labute approximate surface area is 270 Å². The number of fused-ring (bicyclic) bond motifs is 6. The summed E-state index contributed by atoms with van der Waals surface area (Å²) in [5.41, 5.74) is 2.05. The third kappa shape index (κ3) is 5.35. The highest BCUT2D eigenvalue weighted by atomic mass is 32.2. The van der Waals surface area contributed by atoms with Crippen LogP contribution in [-0.2, 0) is 28.0 Å². The van der Waals surface area contributed by atoms with E-state index in [1.54, 1.807) is 18.2 Å². The molecule has 12 heteroatoms. The van der Waals surface area contributed by atoms with Crippen molar-refractivity contribution in [3.8, 4) is 23.0 Å². The van der Waals surface area contributed by atoms with Crippen molar-refractivity contribution in [2.45, 2.75) is 12.0 Å². The topological polar surface area (TPSA) is 167 Å². The van der Waals surface area contributed by atoms with Crippen molar-refractivity contribution in [1.29, 1.82) is 0 Å². The van der Waals surface area contributed by atoms with Crippen LogP contribution in [-0.4, -0.2) is 36.7 Å². The third-order valence-electron chi connectivity index (χ3n) is 7.91. The van der Waals surface area contributed by atoms with Gasteiger partial charge in [0.15, 0.2) is 5.60 Å². The van der Waals surface area contributed by atoms with Gasteiger partial charge in [-0.05, 0) is 41.5 Å². The molecule has 0 fully saturated rings. The predicted molar refractivity (Wildman–Crippen MR) is 174 cm³/mol. The summed E-state index contributed by atoms with van der Waals surface area (Å²) in [6, 6.07) is 29.9. The summed E-state index contributed by atoms with van der Waals surface area (Å²) in [5, 5.41) is 23.1. The number of aromatic hydroxyl groups is 2. The first kappa shape index (κ1) is 29.7. The number of nitrogens with one attached hydrogen (secondary N) is 2. The number of nitrogens with zero attached hydrogens (tertiary/aromatic N) is 1. The molecule has 2 amide bonds. The minimum Gasteiger partial charge on any atom is -0.508 e. The number of phenolic OH excluding ortho intramolecular Hbond substituents is 2. The first-order valence-corrected chi connectivity index (χ1v) is 15.4. The molecule has 0 bridgehead atoms. The van der Waals surface area contributed by atoms with Gasteiger partial charge >= 0.3 is 12.0 Å². The molecule has 2 aliphatic rings. The van der Waals surface area contributed by atoms with Gasteiger partial charge in [-0.1, -0.05) is 66.7 Å². The highest BCUT2D eigenvalue weighted by Crippen LogP contribution is 2.58. The van der Waals surface area contributed by atoms with E-state index in [1.165, 1.54) is 30.3 Å². The number of carbonyl (C=O) groups excluding carboxylic acids is 2. The molecule has 0 saturated heterocycles. The highest BCUT2D eigenvalue weighted by Gasteiger charge is 2.55. The Bertz CT molecular complexity index is 2070. The van der Waals surface area contributed by atoms with Crippen molar-refractivity contribution < 1.29 is 38.0 Å². The minimum absolute atomic E-state index is 0.0364. The Balaban J connectivity index is 1.50. The molecule has 11 nitrogen and oxygen atoms in total. The molecule has 234 valence electrons. The second-order valence-electron chi connectivity index (χ2n) is 10.8. The van der Waals surface area contributed by atoms with Crippen LogP contribution in [0.5, 0.6) is 23.0 Å². The Hall–Kier alpha value is -5.98. The lowest BCUT2D eigenvalue weighted by Gasteiger charge is -2.36. The van der Waals surface area contributed by atoms with E-state index < -0.39 is 28.9 Å². The maximum atomic E-state index is 14.2. The standard InChI is InChI=1S/C35H25N3O8S/c39-22-11-13-24-29(18-22)45-30-19-23(40)12-14-25(30)35(24)26-15-16-27(37-34(42)38-47(43)44)32(31(26)33(41)46-35)36-28(21-9-5-2-6-10-21)17-20-7-3-1-4-8-20/h1-16,18-19,39-40H,17H2,(H,43,44)(H2,37,38,42). The van der Waals surface area contributed by atoms with E-state index in [4.69, 9.17) is 14.5 Å². The largest absolute Gasteiger partial charge is 0.508 e. The molecule has 1 spiro atoms. The van der Waals surface area contributed by atoms with Gasteiger partial charge in [-0.2, -0.15) is 0 Å². The van der Waals surface area contributed by atoms with Crippen molar-refractivity contribution in [3.63, 3.8) is 0 Å². The number of hydrogen-bond donors (Lipinski definition) is 5. The third-order valence-corrected chi connectivity index (χ3v) is 8.27. The van der Waals surface area contributed by atoms with E-state index in [-0.39, 0.29) is 39.9 Å². The molecule has 1 atom stereocenters. The number of benzene rings is 5. The first-order valence-electron chi connectivity index (χ1n) is 14.3. The van der Waals surface area contributed by atoms with Crippen LogP contribution in [0.1, 0.15) is 38.2 Å². The second kappa shape index (κ2) is 11.7. The molecule has 0 aliphatic carbocycles. The number of amides is 2. The lowest BCUT2D eigenvalue weighted by molar-refractivity contribution is 0.0224. The Morgan fingerprint density at radius 2 is 1.40 bits per heavy atom. The zero-order valence-electron chi connectivity index (χ0n) is 24.3. The fourth-order valence-corrected chi connectivity index (χ4v) is 6.19. The SMILES string of the molecule is O=C(Nc1ccc2c(c1N=C(Cc1ccccc1)c1ccccc1)C(=O)OC21c2ccc(O)cc2Oc2cc(O)ccc21)NS(=O)O. The molecule has 0 aromatic heterocycles. The maximum absolute atomic E-state index is 14.2. The molecular formula is C35H25N3O8S. The normalized spacial score (nSPS) is 14.7.